The van der Waals surface area contributed by atoms with Crippen LogP contribution in [0, 0.1) is 13.8 Å². The molecule has 2 nitrogen and oxygen atoms in total. The van der Waals surface area contributed by atoms with Crippen molar-refractivity contribution in [3.63, 3.8) is 0 Å². The highest BCUT2D eigenvalue weighted by Gasteiger charge is 2.16. The Kier molecular flexibility index (Phi) is 3.03. The lowest BCUT2D eigenvalue weighted by Crippen LogP contribution is -1.99. The minimum absolute atomic E-state index is 0.241. The van der Waals surface area contributed by atoms with Gasteiger partial charge in [-0.15, -0.1) is 0 Å². The third-order valence-electron chi connectivity index (χ3n) is 2.79. The van der Waals surface area contributed by atoms with Crippen molar-refractivity contribution in [1.29, 1.82) is 0 Å². The van der Waals surface area contributed by atoms with E-state index in [0.29, 0.717) is 5.56 Å². The molecular formula is C13H13ClO2. The molecule has 0 bridgehead atoms. The second kappa shape index (κ2) is 4.32. The molecule has 0 saturated carbocycles. The molecule has 1 N–H and O–H groups in total. The molecule has 1 heterocycles. The summed E-state index contributed by atoms with van der Waals surface area (Å²) < 4.78 is 4.97. The van der Waals surface area contributed by atoms with E-state index in [9.17, 15) is 5.11 Å². The van der Waals surface area contributed by atoms with Gasteiger partial charge in [-0.05, 0) is 48.2 Å². The van der Waals surface area contributed by atoms with Gasteiger partial charge in [-0.25, -0.2) is 0 Å². The number of hydrogen-bond acceptors (Lipinski definition) is 2. The summed E-state index contributed by atoms with van der Waals surface area (Å²) in [7, 11) is 0. The number of aliphatic hydroxyl groups is 1. The molecular weight excluding hydrogens is 224 g/mol. The Balaban J connectivity index is 2.38. The molecule has 0 aliphatic rings. The van der Waals surface area contributed by atoms with Crippen molar-refractivity contribution in [3.05, 3.63) is 58.0 Å². The second-order valence-electron chi connectivity index (χ2n) is 3.90. The molecule has 0 spiro atoms. The molecule has 84 valence electrons. The van der Waals surface area contributed by atoms with Gasteiger partial charge in [0.25, 0.3) is 0 Å². The van der Waals surface area contributed by atoms with Crippen LogP contribution in [0.15, 0.2) is 34.9 Å². The molecule has 3 heteroatoms. The largest absolute Gasteiger partial charge is 0.453 e. The van der Waals surface area contributed by atoms with Crippen LogP contribution in [0.3, 0.4) is 0 Å². The third-order valence-corrected chi connectivity index (χ3v) is 3.09. The fourth-order valence-electron chi connectivity index (χ4n) is 1.61. The van der Waals surface area contributed by atoms with Gasteiger partial charge in [-0.2, -0.15) is 0 Å². The molecule has 1 aromatic carbocycles. The van der Waals surface area contributed by atoms with E-state index in [1.807, 2.05) is 32.0 Å². The highest BCUT2D eigenvalue weighted by atomic mass is 35.5. The summed E-state index contributed by atoms with van der Waals surface area (Å²) in [6.07, 6.45) is 0.743. The molecule has 0 saturated heterocycles. The summed E-state index contributed by atoms with van der Waals surface area (Å²) >= 11 is 5.83. The third kappa shape index (κ3) is 1.99. The molecule has 0 amide bonds. The van der Waals surface area contributed by atoms with E-state index in [-0.39, 0.29) is 5.22 Å². The first-order valence-electron chi connectivity index (χ1n) is 5.07. The highest BCUT2D eigenvalue weighted by Crippen LogP contribution is 2.29. The number of aliphatic hydroxyl groups excluding tert-OH is 1. The van der Waals surface area contributed by atoms with E-state index < -0.39 is 6.10 Å². The lowest BCUT2D eigenvalue weighted by atomic mass is 10.00. The van der Waals surface area contributed by atoms with Gasteiger partial charge < -0.3 is 9.52 Å². The van der Waals surface area contributed by atoms with Crippen molar-refractivity contribution in [3.8, 4) is 0 Å². The highest BCUT2D eigenvalue weighted by molar-refractivity contribution is 6.29. The van der Waals surface area contributed by atoms with Crippen molar-refractivity contribution < 1.29 is 9.52 Å². The predicted octanol–water partition coefficient (Wildman–Crippen LogP) is 3.63. The summed E-state index contributed by atoms with van der Waals surface area (Å²) in [5, 5.41) is 10.4. The van der Waals surface area contributed by atoms with Crippen molar-refractivity contribution >= 4 is 11.6 Å². The smallest absolute Gasteiger partial charge is 0.199 e. The summed E-state index contributed by atoms with van der Waals surface area (Å²) in [4.78, 5) is 0. The monoisotopic (exact) mass is 236 g/mol. The van der Waals surface area contributed by atoms with Gasteiger partial charge in [0, 0.05) is 5.56 Å². The lowest BCUT2D eigenvalue weighted by molar-refractivity contribution is 0.219. The Hall–Kier alpha value is -1.25. The fourth-order valence-corrected chi connectivity index (χ4v) is 1.83. The summed E-state index contributed by atoms with van der Waals surface area (Å²) in [6.45, 7) is 4.05. The van der Waals surface area contributed by atoms with Gasteiger partial charge >= 0.3 is 0 Å². The summed E-state index contributed by atoms with van der Waals surface area (Å²) in [5.41, 5.74) is 3.78. The maximum Gasteiger partial charge on any atom is 0.199 e. The van der Waals surface area contributed by atoms with Crippen LogP contribution in [-0.2, 0) is 0 Å². The van der Waals surface area contributed by atoms with Crippen molar-refractivity contribution in [1.82, 2.24) is 0 Å². The Morgan fingerprint density at radius 1 is 1.19 bits per heavy atom. The molecule has 1 atom stereocenters. The second-order valence-corrected chi connectivity index (χ2v) is 4.24. The quantitative estimate of drug-likeness (QED) is 0.864. The van der Waals surface area contributed by atoms with Gasteiger partial charge in [0.15, 0.2) is 5.22 Å². The zero-order valence-corrected chi connectivity index (χ0v) is 9.95. The minimum Gasteiger partial charge on any atom is -0.453 e. The first kappa shape index (κ1) is 11.2. The van der Waals surface area contributed by atoms with E-state index >= 15 is 0 Å². The molecule has 0 radical (unpaired) electrons. The van der Waals surface area contributed by atoms with Gasteiger partial charge in [-0.1, -0.05) is 18.2 Å². The number of benzene rings is 1. The maximum atomic E-state index is 10.1. The predicted molar refractivity (Wildman–Crippen MR) is 63.7 cm³/mol. The van der Waals surface area contributed by atoms with Gasteiger partial charge in [-0.3, -0.25) is 0 Å². The summed E-state index contributed by atoms with van der Waals surface area (Å²) in [6, 6.07) is 7.53. The van der Waals surface area contributed by atoms with Crippen LogP contribution in [0.5, 0.6) is 0 Å². The Morgan fingerprint density at radius 2 is 1.94 bits per heavy atom. The molecule has 1 aromatic heterocycles. The fraction of sp³-hybridized carbons (Fsp3) is 0.231. The standard InChI is InChI=1S/C13H13ClO2/c1-8-3-4-10(7-9(8)2)12(15)11-5-6-16-13(11)14/h3-7,12,15H,1-2H3. The first-order chi connectivity index (χ1) is 7.59. The normalized spacial score (nSPS) is 12.8. The first-order valence-corrected chi connectivity index (χ1v) is 5.45. The van der Waals surface area contributed by atoms with Crippen LogP contribution < -0.4 is 0 Å². The van der Waals surface area contributed by atoms with E-state index in [1.165, 1.54) is 11.8 Å². The maximum absolute atomic E-state index is 10.1. The SMILES string of the molecule is Cc1ccc(C(O)c2ccoc2Cl)cc1C. The lowest BCUT2D eigenvalue weighted by Gasteiger charge is -2.11. The van der Waals surface area contributed by atoms with Crippen LogP contribution in [0.4, 0.5) is 0 Å². The Morgan fingerprint density at radius 3 is 2.50 bits per heavy atom. The minimum atomic E-state index is -0.731. The number of halogens is 1. The van der Waals surface area contributed by atoms with E-state index in [0.717, 1.165) is 11.1 Å². The average Bonchev–Trinajstić information content (AvgIpc) is 2.67. The van der Waals surface area contributed by atoms with Crippen LogP contribution >= 0.6 is 11.6 Å². The number of furan rings is 1. The molecule has 2 aromatic rings. The Labute approximate surface area is 99.5 Å². The van der Waals surface area contributed by atoms with Crippen molar-refractivity contribution in [2.24, 2.45) is 0 Å². The van der Waals surface area contributed by atoms with Crippen LogP contribution in [0.2, 0.25) is 5.22 Å². The molecule has 0 aliphatic carbocycles. The van der Waals surface area contributed by atoms with Crippen LogP contribution in [0.25, 0.3) is 0 Å². The van der Waals surface area contributed by atoms with E-state index in [4.69, 9.17) is 16.0 Å². The molecule has 16 heavy (non-hydrogen) atoms. The topological polar surface area (TPSA) is 33.4 Å². The van der Waals surface area contributed by atoms with Crippen molar-refractivity contribution in [2.45, 2.75) is 20.0 Å². The Bertz CT molecular complexity index is 502. The molecule has 0 aliphatic heterocycles. The van der Waals surface area contributed by atoms with Crippen molar-refractivity contribution in [2.75, 3.05) is 0 Å². The average molecular weight is 237 g/mol. The van der Waals surface area contributed by atoms with Gasteiger partial charge in [0.05, 0.1) is 6.26 Å². The zero-order chi connectivity index (χ0) is 11.7. The number of aryl methyl sites for hydroxylation is 2. The molecule has 0 fully saturated rings. The van der Waals surface area contributed by atoms with Crippen LogP contribution in [-0.4, -0.2) is 5.11 Å². The van der Waals surface area contributed by atoms with E-state index in [1.54, 1.807) is 6.07 Å². The van der Waals surface area contributed by atoms with E-state index in [2.05, 4.69) is 0 Å². The zero-order valence-electron chi connectivity index (χ0n) is 9.20. The van der Waals surface area contributed by atoms with Gasteiger partial charge in [0.1, 0.15) is 6.10 Å². The molecule has 1 unspecified atom stereocenters. The summed E-state index contributed by atoms with van der Waals surface area (Å²) in [5.74, 6) is 0. The van der Waals surface area contributed by atoms with Crippen LogP contribution in [0.1, 0.15) is 28.4 Å². The number of hydrogen-bond donors (Lipinski definition) is 1. The van der Waals surface area contributed by atoms with Gasteiger partial charge in [0.2, 0.25) is 0 Å². The molecule has 2 rings (SSSR count). The number of rotatable bonds is 2.